The summed E-state index contributed by atoms with van der Waals surface area (Å²) in [4.78, 5) is 44.0. The van der Waals surface area contributed by atoms with Gasteiger partial charge in [0, 0.05) is 37.1 Å². The summed E-state index contributed by atoms with van der Waals surface area (Å²) < 4.78 is 13.2. The van der Waals surface area contributed by atoms with Crippen molar-refractivity contribution in [3.8, 4) is 5.75 Å². The van der Waals surface area contributed by atoms with Gasteiger partial charge >= 0.3 is 11.7 Å². The molecule has 1 aliphatic carbocycles. The standard InChI is InChI=1S/C40H44N4O8S2.2FH/c1-43(26-9-11-27(12-10-26)51-38(48)40(50,34-6-4-20-53-34)35-7-5-21-54-35)18-2-3-19-44-30-15-8-25(22-33(30)52-39(44)49)23-41-24-32(46)28-13-16-31(45)37-29(28)14-17-36(47)42-37;;/h4-8,13-17,20-22,26-27,32,41,45-46,50H,2-3,9-12,18-19,23-24H2,1H3,(H,42,47);2*1H/t26?,27?,32-;;/m0../s1. The minimum atomic E-state index is -1.79. The molecule has 0 unspecified atom stereocenters. The zero-order valence-corrected chi connectivity index (χ0v) is 32.4. The number of benzene rings is 2. The molecule has 1 atom stereocenters. The van der Waals surface area contributed by atoms with Crippen molar-refractivity contribution in [2.24, 2.45) is 0 Å². The van der Waals surface area contributed by atoms with Crippen LogP contribution in [0.1, 0.15) is 65.5 Å². The van der Waals surface area contributed by atoms with Crippen LogP contribution in [0.25, 0.3) is 22.0 Å². The van der Waals surface area contributed by atoms with Crippen molar-refractivity contribution in [1.82, 2.24) is 19.8 Å². The predicted molar refractivity (Wildman–Crippen MR) is 214 cm³/mol. The molecule has 5 N–H and O–H groups in total. The van der Waals surface area contributed by atoms with Gasteiger partial charge in [-0.05, 0) is 110 Å². The predicted octanol–water partition coefficient (Wildman–Crippen LogP) is 5.90. The molecule has 12 nitrogen and oxygen atoms in total. The van der Waals surface area contributed by atoms with Crippen LogP contribution in [0.2, 0.25) is 0 Å². The van der Waals surface area contributed by atoms with Crippen molar-refractivity contribution in [2.45, 2.75) is 75.5 Å². The van der Waals surface area contributed by atoms with Gasteiger partial charge in [0.2, 0.25) is 11.2 Å². The Hall–Kier alpha value is -4.71. The van der Waals surface area contributed by atoms with Crippen LogP contribution in [-0.2, 0) is 28.2 Å². The SMILES string of the molecule is CN(CCCCn1c(=O)oc2cc(CNC[C@H](O)c3ccc(O)c4[nH]c(=O)ccc34)ccc21)C1CCC(OC(=O)C(O)(c2cccs2)c2cccs2)CC1.F.F. The normalized spacial score (nSPS) is 16.4. The highest BCUT2D eigenvalue weighted by molar-refractivity contribution is 7.12. The minimum absolute atomic E-state index is 0. The van der Waals surface area contributed by atoms with Gasteiger partial charge in [0.25, 0.3) is 0 Å². The molecule has 6 aromatic rings. The first-order valence-corrected chi connectivity index (χ1v) is 20.0. The van der Waals surface area contributed by atoms with Crippen molar-refractivity contribution in [1.29, 1.82) is 0 Å². The van der Waals surface area contributed by atoms with Crippen molar-refractivity contribution in [3.63, 3.8) is 0 Å². The summed E-state index contributed by atoms with van der Waals surface area (Å²) in [6, 6.07) is 19.2. The van der Waals surface area contributed by atoms with E-state index in [0.29, 0.717) is 45.4 Å². The number of H-pyrrole nitrogens is 1. The second kappa shape index (κ2) is 18.5. The monoisotopic (exact) mass is 812 g/mol. The van der Waals surface area contributed by atoms with Gasteiger partial charge in [0.15, 0.2) is 5.58 Å². The Labute approximate surface area is 328 Å². The molecule has 0 aliphatic heterocycles. The number of carbonyl (C=O) groups excluding carboxylic acids is 1. The summed E-state index contributed by atoms with van der Waals surface area (Å²) in [5.41, 5.74) is 0.868. The van der Waals surface area contributed by atoms with E-state index in [4.69, 9.17) is 9.15 Å². The number of nitrogens with zero attached hydrogens (tertiary/aromatic N) is 2. The first-order valence-electron chi connectivity index (χ1n) is 18.2. The lowest BCUT2D eigenvalue weighted by molar-refractivity contribution is -0.169. The van der Waals surface area contributed by atoms with Crippen LogP contribution in [0.4, 0.5) is 9.41 Å². The van der Waals surface area contributed by atoms with E-state index in [1.807, 2.05) is 41.1 Å². The number of carbonyl (C=O) groups is 1. The fourth-order valence-electron chi connectivity index (χ4n) is 7.39. The number of ether oxygens (including phenoxy) is 1. The van der Waals surface area contributed by atoms with Gasteiger partial charge in [-0.1, -0.05) is 24.3 Å². The summed E-state index contributed by atoms with van der Waals surface area (Å²) in [6.45, 7) is 2.06. The van der Waals surface area contributed by atoms with Crippen LogP contribution in [0.3, 0.4) is 0 Å². The third-order valence-corrected chi connectivity index (χ3v) is 12.4. The van der Waals surface area contributed by atoms with E-state index in [2.05, 4.69) is 22.2 Å². The number of rotatable bonds is 15. The number of hydrogen-bond donors (Lipinski definition) is 5. The lowest BCUT2D eigenvalue weighted by Gasteiger charge is -2.35. The average molecular weight is 813 g/mol. The van der Waals surface area contributed by atoms with Gasteiger partial charge in [-0.2, -0.15) is 0 Å². The van der Waals surface area contributed by atoms with E-state index in [0.717, 1.165) is 56.1 Å². The molecule has 1 fully saturated rings. The zero-order chi connectivity index (χ0) is 37.8. The summed E-state index contributed by atoms with van der Waals surface area (Å²) in [6.07, 6.45) is 3.83. The Kier molecular flexibility index (Phi) is 14.0. The Morgan fingerprint density at radius 2 is 1.73 bits per heavy atom. The number of halogens is 2. The highest BCUT2D eigenvalue weighted by atomic mass is 32.1. The molecular formula is C40H46F2N4O8S2. The summed E-state index contributed by atoms with van der Waals surface area (Å²) in [5, 5.41) is 40.1. The molecule has 7 rings (SSSR count). The van der Waals surface area contributed by atoms with Crippen LogP contribution in [0.15, 0.2) is 91.5 Å². The van der Waals surface area contributed by atoms with E-state index in [1.54, 1.807) is 28.8 Å². The first-order chi connectivity index (χ1) is 26.1. The van der Waals surface area contributed by atoms with Crippen molar-refractivity contribution in [2.75, 3.05) is 20.1 Å². The molecule has 0 bridgehead atoms. The maximum absolute atomic E-state index is 13.4. The Morgan fingerprint density at radius 1 is 1.02 bits per heavy atom. The number of aromatic hydroxyl groups is 1. The van der Waals surface area contributed by atoms with Gasteiger partial charge < -0.3 is 39.7 Å². The fourth-order valence-corrected chi connectivity index (χ4v) is 9.10. The number of thiophene rings is 2. The molecule has 0 spiro atoms. The molecule has 0 saturated heterocycles. The molecule has 4 heterocycles. The topological polar surface area (TPSA) is 170 Å². The Bertz CT molecular complexity index is 2280. The second-order valence-corrected chi connectivity index (χ2v) is 15.8. The molecule has 16 heteroatoms. The van der Waals surface area contributed by atoms with E-state index in [9.17, 15) is 29.7 Å². The zero-order valence-electron chi connectivity index (χ0n) is 30.7. The molecule has 56 heavy (non-hydrogen) atoms. The minimum Gasteiger partial charge on any atom is -0.506 e. The third-order valence-electron chi connectivity index (χ3n) is 10.4. The molecule has 2 aromatic carbocycles. The number of pyridine rings is 1. The van der Waals surface area contributed by atoms with E-state index < -0.39 is 23.4 Å². The molecule has 1 aliphatic rings. The molecule has 300 valence electrons. The Balaban J connectivity index is 0.00000300. The number of fused-ring (bicyclic) bond motifs is 2. The van der Waals surface area contributed by atoms with Gasteiger partial charge in [-0.3, -0.25) is 18.8 Å². The smallest absolute Gasteiger partial charge is 0.419 e. The van der Waals surface area contributed by atoms with Crippen LogP contribution in [-0.4, -0.2) is 68.0 Å². The lowest BCUT2D eigenvalue weighted by Crippen LogP contribution is -2.42. The number of phenols is 1. The summed E-state index contributed by atoms with van der Waals surface area (Å²) >= 11 is 2.68. The first kappa shape index (κ1) is 42.4. The number of aromatic amines is 1. The van der Waals surface area contributed by atoms with Crippen molar-refractivity contribution < 1.29 is 38.7 Å². The number of aromatic nitrogens is 2. The van der Waals surface area contributed by atoms with E-state index >= 15 is 0 Å². The maximum Gasteiger partial charge on any atom is 0.419 e. The maximum atomic E-state index is 13.4. The summed E-state index contributed by atoms with van der Waals surface area (Å²) in [5.74, 6) is -1.07. The number of esters is 1. The average Bonchev–Trinajstić information content (AvgIpc) is 3.97. The fraction of sp³-hybridized carbons (Fsp3) is 0.375. The largest absolute Gasteiger partial charge is 0.506 e. The number of phenolic OH excluding ortho intramolecular Hbond substituents is 1. The molecule has 1 saturated carbocycles. The van der Waals surface area contributed by atoms with Crippen LogP contribution < -0.4 is 16.6 Å². The third kappa shape index (κ3) is 8.96. The lowest BCUT2D eigenvalue weighted by atomic mass is 9.91. The quantitative estimate of drug-likeness (QED) is 0.0622. The Morgan fingerprint density at radius 3 is 2.41 bits per heavy atom. The second-order valence-electron chi connectivity index (χ2n) is 13.9. The molecule has 0 amide bonds. The summed E-state index contributed by atoms with van der Waals surface area (Å²) in [7, 11) is 2.12. The van der Waals surface area contributed by atoms with E-state index in [1.165, 1.54) is 34.8 Å². The van der Waals surface area contributed by atoms with Gasteiger partial charge in [-0.15, -0.1) is 22.7 Å². The van der Waals surface area contributed by atoms with Crippen molar-refractivity contribution >= 4 is 50.6 Å². The van der Waals surface area contributed by atoms with Gasteiger partial charge in [0.1, 0.15) is 11.9 Å². The highest BCUT2D eigenvalue weighted by Crippen LogP contribution is 2.38. The van der Waals surface area contributed by atoms with Gasteiger partial charge in [0.05, 0.1) is 26.9 Å². The van der Waals surface area contributed by atoms with E-state index in [-0.39, 0.29) is 38.9 Å². The van der Waals surface area contributed by atoms with Gasteiger partial charge in [-0.25, -0.2) is 9.59 Å². The van der Waals surface area contributed by atoms with Crippen LogP contribution >= 0.6 is 22.7 Å². The van der Waals surface area contributed by atoms with Crippen molar-refractivity contribution in [3.05, 3.63) is 119 Å². The number of aliphatic hydroxyl groups is 2. The number of aryl methyl sites for hydroxylation is 1. The number of oxazole rings is 1. The number of aliphatic hydroxyl groups excluding tert-OH is 1. The molecule has 0 radical (unpaired) electrons. The molecule has 4 aromatic heterocycles. The highest BCUT2D eigenvalue weighted by Gasteiger charge is 2.45. The van der Waals surface area contributed by atoms with Crippen LogP contribution in [0.5, 0.6) is 5.75 Å². The number of unbranched alkanes of at least 4 members (excludes halogenated alkanes) is 1. The van der Waals surface area contributed by atoms with Crippen LogP contribution in [0, 0.1) is 0 Å². The molecular weight excluding hydrogens is 767 g/mol. The number of nitrogens with one attached hydrogen (secondary N) is 2. The number of hydrogen-bond acceptors (Lipinski definition) is 12.